The zero-order valence-corrected chi connectivity index (χ0v) is 18.9. The molecule has 2 aliphatic carbocycles. The van der Waals surface area contributed by atoms with E-state index in [2.05, 4.69) is 29.5 Å². The second-order valence-electron chi connectivity index (χ2n) is 8.37. The van der Waals surface area contributed by atoms with Gasteiger partial charge in [0.05, 0.1) is 5.41 Å². The van der Waals surface area contributed by atoms with E-state index in [0.29, 0.717) is 12.6 Å². The molecule has 0 aromatic rings. The van der Waals surface area contributed by atoms with Gasteiger partial charge < -0.3 is 15.5 Å². The zero-order valence-electron chi connectivity index (χ0n) is 16.6. The quantitative estimate of drug-likeness (QED) is 0.382. The maximum atomic E-state index is 12.7. The van der Waals surface area contributed by atoms with Crippen molar-refractivity contribution in [2.45, 2.75) is 64.8 Å². The molecule has 6 heteroatoms. The Morgan fingerprint density at radius 2 is 1.68 bits per heavy atom. The molecular weight excluding hydrogens is 427 g/mol. The highest BCUT2D eigenvalue weighted by Gasteiger charge is 2.42. The summed E-state index contributed by atoms with van der Waals surface area (Å²) in [7, 11) is 5.54. The van der Waals surface area contributed by atoms with Gasteiger partial charge in [0.15, 0.2) is 5.96 Å². The van der Waals surface area contributed by atoms with Crippen LogP contribution in [0.5, 0.6) is 0 Å². The van der Waals surface area contributed by atoms with E-state index >= 15 is 0 Å². The van der Waals surface area contributed by atoms with E-state index in [-0.39, 0.29) is 35.3 Å². The number of carbonyl (C=O) groups is 1. The van der Waals surface area contributed by atoms with Crippen LogP contribution in [-0.4, -0.2) is 50.5 Å². The molecule has 1 amide bonds. The Hall–Kier alpha value is -0.530. The van der Waals surface area contributed by atoms with Crippen LogP contribution in [0, 0.1) is 17.3 Å². The fraction of sp³-hybridized carbons (Fsp3) is 0.895. The van der Waals surface area contributed by atoms with Crippen molar-refractivity contribution >= 4 is 35.8 Å². The molecule has 0 spiro atoms. The number of nitrogens with zero attached hydrogens (tertiary/aromatic N) is 2. The van der Waals surface area contributed by atoms with E-state index in [9.17, 15) is 4.79 Å². The molecule has 25 heavy (non-hydrogen) atoms. The highest BCUT2D eigenvalue weighted by Crippen LogP contribution is 2.39. The third-order valence-corrected chi connectivity index (χ3v) is 5.76. The minimum absolute atomic E-state index is 0. The summed E-state index contributed by atoms with van der Waals surface area (Å²) in [6, 6.07) is 0.485. The number of aliphatic imine (C=N–C) groups is 1. The number of guanidine groups is 1. The first-order chi connectivity index (χ1) is 11.4. The van der Waals surface area contributed by atoms with Gasteiger partial charge in [-0.05, 0) is 43.9 Å². The van der Waals surface area contributed by atoms with Gasteiger partial charge in [0.25, 0.3) is 0 Å². The average molecular weight is 464 g/mol. The molecule has 0 bridgehead atoms. The van der Waals surface area contributed by atoms with Crippen LogP contribution in [0.25, 0.3) is 0 Å². The molecule has 2 unspecified atom stereocenters. The summed E-state index contributed by atoms with van der Waals surface area (Å²) >= 11 is 0. The van der Waals surface area contributed by atoms with Crippen molar-refractivity contribution in [2.24, 2.45) is 22.2 Å². The molecule has 0 aromatic carbocycles. The molecule has 5 nitrogen and oxygen atoms in total. The van der Waals surface area contributed by atoms with Gasteiger partial charge >= 0.3 is 0 Å². The lowest BCUT2D eigenvalue weighted by atomic mass is 9.80. The van der Waals surface area contributed by atoms with Crippen LogP contribution < -0.4 is 10.6 Å². The van der Waals surface area contributed by atoms with Crippen LogP contribution in [-0.2, 0) is 4.79 Å². The Morgan fingerprint density at radius 1 is 1.12 bits per heavy atom. The van der Waals surface area contributed by atoms with Crippen molar-refractivity contribution in [3.63, 3.8) is 0 Å². The van der Waals surface area contributed by atoms with Crippen LogP contribution in [0.2, 0.25) is 0 Å². The smallest absolute Gasteiger partial charge is 0.230 e. The molecule has 0 saturated heterocycles. The van der Waals surface area contributed by atoms with Gasteiger partial charge in [-0.2, -0.15) is 0 Å². The molecule has 146 valence electrons. The van der Waals surface area contributed by atoms with Gasteiger partial charge in [-0.25, -0.2) is 0 Å². The second kappa shape index (κ2) is 9.97. The largest absolute Gasteiger partial charge is 0.355 e. The summed E-state index contributed by atoms with van der Waals surface area (Å²) in [5.74, 6) is 2.63. The van der Waals surface area contributed by atoms with Gasteiger partial charge in [0, 0.05) is 33.7 Å². The van der Waals surface area contributed by atoms with Gasteiger partial charge in [-0.15, -0.1) is 24.0 Å². The minimum Gasteiger partial charge on any atom is -0.355 e. The van der Waals surface area contributed by atoms with Crippen molar-refractivity contribution in [3.05, 3.63) is 0 Å². The molecule has 2 N–H and O–H groups in total. The predicted molar refractivity (Wildman–Crippen MR) is 115 cm³/mol. The fourth-order valence-corrected chi connectivity index (χ4v) is 4.70. The SMILES string of the molecule is CN=C(NCC1(C(=O)N(C)C)CCCC1)NC1CC(C)CC(C)C1.I. The standard InChI is InChI=1S/C19H36N4O.HI/c1-14-10-15(2)12-16(11-14)22-18(20-3)21-13-19(8-6-7-9-19)17(24)23(4)5;/h14-16H,6-13H2,1-5H3,(H2,20,21,22);1H. The van der Waals surface area contributed by atoms with Gasteiger partial charge in [-0.3, -0.25) is 9.79 Å². The van der Waals surface area contributed by atoms with Gasteiger partial charge in [0.2, 0.25) is 5.91 Å². The Bertz CT molecular complexity index is 450. The molecular formula is C19H37IN4O. The van der Waals surface area contributed by atoms with Crippen molar-refractivity contribution in [1.82, 2.24) is 15.5 Å². The summed E-state index contributed by atoms with van der Waals surface area (Å²) in [5.41, 5.74) is -0.256. The van der Waals surface area contributed by atoms with E-state index in [4.69, 9.17) is 0 Å². The molecule has 0 radical (unpaired) electrons. The van der Waals surface area contributed by atoms with E-state index < -0.39 is 0 Å². The molecule has 0 aliphatic heterocycles. The molecule has 2 atom stereocenters. The Labute approximate surface area is 170 Å². The summed E-state index contributed by atoms with van der Waals surface area (Å²) in [6.45, 7) is 5.36. The van der Waals surface area contributed by atoms with Crippen molar-refractivity contribution in [1.29, 1.82) is 0 Å². The van der Waals surface area contributed by atoms with Crippen LogP contribution in [0.4, 0.5) is 0 Å². The Balaban J connectivity index is 0.00000312. The number of hydrogen-bond donors (Lipinski definition) is 2. The Morgan fingerprint density at radius 3 is 2.16 bits per heavy atom. The monoisotopic (exact) mass is 464 g/mol. The first kappa shape index (κ1) is 22.5. The van der Waals surface area contributed by atoms with Crippen molar-refractivity contribution < 1.29 is 4.79 Å². The number of rotatable bonds is 4. The highest BCUT2D eigenvalue weighted by atomic mass is 127. The molecule has 0 heterocycles. The molecule has 2 saturated carbocycles. The molecule has 0 aromatic heterocycles. The maximum Gasteiger partial charge on any atom is 0.230 e. The lowest BCUT2D eigenvalue weighted by molar-refractivity contribution is -0.138. The summed E-state index contributed by atoms with van der Waals surface area (Å²) < 4.78 is 0. The third kappa shape index (κ3) is 6.00. The fourth-order valence-electron chi connectivity index (χ4n) is 4.70. The van der Waals surface area contributed by atoms with E-state index in [1.807, 2.05) is 21.1 Å². The first-order valence-corrected chi connectivity index (χ1v) is 9.55. The normalized spacial score (nSPS) is 28.8. The minimum atomic E-state index is -0.256. The lowest BCUT2D eigenvalue weighted by Gasteiger charge is -2.34. The van der Waals surface area contributed by atoms with Crippen LogP contribution in [0.3, 0.4) is 0 Å². The summed E-state index contributed by atoms with van der Waals surface area (Å²) in [5, 5.41) is 7.05. The molecule has 2 fully saturated rings. The van der Waals surface area contributed by atoms with E-state index in [1.165, 1.54) is 19.3 Å². The van der Waals surface area contributed by atoms with E-state index in [0.717, 1.165) is 43.5 Å². The zero-order chi connectivity index (χ0) is 17.7. The second-order valence-corrected chi connectivity index (χ2v) is 8.37. The average Bonchev–Trinajstić information content (AvgIpc) is 2.99. The van der Waals surface area contributed by atoms with Crippen LogP contribution >= 0.6 is 24.0 Å². The number of hydrogen-bond acceptors (Lipinski definition) is 2. The van der Waals surface area contributed by atoms with Crippen LogP contribution in [0.15, 0.2) is 4.99 Å². The number of amides is 1. The van der Waals surface area contributed by atoms with Crippen molar-refractivity contribution in [2.75, 3.05) is 27.7 Å². The molecule has 2 aliphatic rings. The van der Waals surface area contributed by atoms with Crippen LogP contribution in [0.1, 0.15) is 58.8 Å². The van der Waals surface area contributed by atoms with E-state index in [1.54, 1.807) is 4.90 Å². The summed E-state index contributed by atoms with van der Waals surface area (Å²) in [4.78, 5) is 18.8. The predicted octanol–water partition coefficient (Wildman–Crippen LogP) is 3.24. The number of carbonyl (C=O) groups excluding carboxylic acids is 1. The Kier molecular flexibility index (Phi) is 8.98. The number of halogens is 1. The summed E-state index contributed by atoms with van der Waals surface area (Å²) in [6.07, 6.45) is 7.97. The molecule has 2 rings (SSSR count). The topological polar surface area (TPSA) is 56.7 Å². The lowest BCUT2D eigenvalue weighted by Crippen LogP contribution is -2.51. The number of nitrogens with one attached hydrogen (secondary N) is 2. The first-order valence-electron chi connectivity index (χ1n) is 9.55. The maximum absolute atomic E-state index is 12.7. The van der Waals surface area contributed by atoms with Gasteiger partial charge in [-0.1, -0.05) is 26.7 Å². The third-order valence-electron chi connectivity index (χ3n) is 5.76. The van der Waals surface area contributed by atoms with Gasteiger partial charge in [0.1, 0.15) is 0 Å². The van der Waals surface area contributed by atoms with Crippen molar-refractivity contribution in [3.8, 4) is 0 Å². The highest BCUT2D eigenvalue weighted by molar-refractivity contribution is 14.0.